The Balaban J connectivity index is 1.49. The Hall–Kier alpha value is -2.94. The van der Waals surface area contributed by atoms with Crippen LogP contribution in [0.1, 0.15) is 72.9 Å². The number of carbonyl (C=O) groups is 1. The molecule has 1 aromatic carbocycles. The average molecular weight is 470 g/mol. The van der Waals surface area contributed by atoms with Crippen LogP contribution in [0.2, 0.25) is 0 Å². The number of hydrogen-bond donors (Lipinski definition) is 2. The van der Waals surface area contributed by atoms with Gasteiger partial charge in [-0.05, 0) is 37.8 Å². The molecule has 3 aromatic rings. The van der Waals surface area contributed by atoms with E-state index in [-0.39, 0.29) is 23.7 Å². The second-order valence-electron chi connectivity index (χ2n) is 9.39. The number of aryl methyl sites for hydroxylation is 1. The van der Waals surface area contributed by atoms with Crippen molar-refractivity contribution in [3.63, 3.8) is 0 Å². The molecule has 1 atom stereocenters. The Labute approximate surface area is 198 Å². The highest BCUT2D eigenvalue weighted by molar-refractivity contribution is 5.95. The van der Waals surface area contributed by atoms with E-state index in [2.05, 4.69) is 15.5 Å². The molecule has 2 N–H and O–H groups in total. The van der Waals surface area contributed by atoms with Gasteiger partial charge in [0, 0.05) is 13.1 Å². The monoisotopic (exact) mass is 469 g/mol. The van der Waals surface area contributed by atoms with Gasteiger partial charge in [0.1, 0.15) is 23.2 Å². The summed E-state index contributed by atoms with van der Waals surface area (Å²) in [6.45, 7) is 4.22. The highest BCUT2D eigenvalue weighted by atomic mass is 19.1. The third kappa shape index (κ3) is 4.66. The van der Waals surface area contributed by atoms with E-state index in [9.17, 15) is 4.79 Å². The number of amides is 1. The topological polar surface area (TPSA) is 96.3 Å². The van der Waals surface area contributed by atoms with Gasteiger partial charge in [-0.1, -0.05) is 37.3 Å². The molecule has 0 radical (unpaired) electrons. The SMILES string of the molecule is Cc1nocc1C(=O)NC(c1nc2c(F)c(N3CCOCC3)ccc2[nH]1)C1CCCCCCC1. The van der Waals surface area contributed by atoms with Crippen molar-refractivity contribution in [3.8, 4) is 0 Å². The zero-order chi connectivity index (χ0) is 23.5. The summed E-state index contributed by atoms with van der Waals surface area (Å²) in [6, 6.07) is 3.33. The molecule has 5 rings (SSSR count). The predicted molar refractivity (Wildman–Crippen MR) is 126 cm³/mol. The normalized spacial score (nSPS) is 19.1. The minimum atomic E-state index is -0.349. The van der Waals surface area contributed by atoms with E-state index in [1.54, 1.807) is 13.0 Å². The summed E-state index contributed by atoms with van der Waals surface area (Å²) in [5.41, 5.74) is 2.44. The van der Waals surface area contributed by atoms with Crippen molar-refractivity contribution in [1.29, 1.82) is 0 Å². The van der Waals surface area contributed by atoms with Crippen molar-refractivity contribution >= 4 is 22.6 Å². The molecule has 182 valence electrons. The third-order valence-corrected chi connectivity index (χ3v) is 7.14. The van der Waals surface area contributed by atoms with Gasteiger partial charge in [-0.3, -0.25) is 4.79 Å². The van der Waals surface area contributed by atoms with Crippen LogP contribution in [0.15, 0.2) is 22.9 Å². The van der Waals surface area contributed by atoms with Crippen molar-refractivity contribution in [3.05, 3.63) is 41.3 Å². The fourth-order valence-electron chi connectivity index (χ4n) is 5.21. The Morgan fingerprint density at radius 1 is 1.18 bits per heavy atom. The van der Waals surface area contributed by atoms with Gasteiger partial charge in [-0.15, -0.1) is 0 Å². The summed E-state index contributed by atoms with van der Waals surface area (Å²) in [5, 5.41) is 7.01. The number of imidazole rings is 1. The first-order valence-electron chi connectivity index (χ1n) is 12.3. The van der Waals surface area contributed by atoms with Crippen LogP contribution in [0.4, 0.5) is 10.1 Å². The molecule has 0 spiro atoms. The number of ether oxygens (including phenoxy) is 1. The van der Waals surface area contributed by atoms with Crippen LogP contribution in [0.3, 0.4) is 0 Å². The number of H-pyrrole nitrogens is 1. The summed E-state index contributed by atoms with van der Waals surface area (Å²) < 4.78 is 25.9. The minimum absolute atomic E-state index is 0.215. The van der Waals surface area contributed by atoms with Crippen molar-refractivity contribution < 1.29 is 18.4 Å². The molecule has 34 heavy (non-hydrogen) atoms. The quantitative estimate of drug-likeness (QED) is 0.564. The number of benzene rings is 1. The van der Waals surface area contributed by atoms with Gasteiger partial charge in [0.15, 0.2) is 5.82 Å². The van der Waals surface area contributed by atoms with Gasteiger partial charge in [-0.2, -0.15) is 0 Å². The summed E-state index contributed by atoms with van der Waals surface area (Å²) in [6.07, 6.45) is 9.21. The van der Waals surface area contributed by atoms with Crippen molar-refractivity contribution in [1.82, 2.24) is 20.4 Å². The van der Waals surface area contributed by atoms with E-state index < -0.39 is 0 Å². The first kappa shape index (κ1) is 22.8. The Morgan fingerprint density at radius 2 is 1.91 bits per heavy atom. The molecule has 1 aliphatic carbocycles. The second kappa shape index (κ2) is 10.1. The highest BCUT2D eigenvalue weighted by Gasteiger charge is 2.30. The van der Waals surface area contributed by atoms with Crippen LogP contribution in [0.25, 0.3) is 11.0 Å². The molecule has 2 fully saturated rings. The van der Waals surface area contributed by atoms with Gasteiger partial charge in [0.2, 0.25) is 0 Å². The Kier molecular flexibility index (Phi) is 6.80. The number of aromatic nitrogens is 3. The van der Waals surface area contributed by atoms with Crippen LogP contribution in [-0.2, 0) is 4.74 Å². The summed E-state index contributed by atoms with van der Waals surface area (Å²) >= 11 is 0. The van der Waals surface area contributed by atoms with E-state index in [4.69, 9.17) is 14.2 Å². The number of rotatable bonds is 5. The maximum absolute atomic E-state index is 15.6. The number of aromatic amines is 1. The minimum Gasteiger partial charge on any atom is -0.378 e. The van der Waals surface area contributed by atoms with Crippen LogP contribution >= 0.6 is 0 Å². The first-order valence-corrected chi connectivity index (χ1v) is 12.3. The predicted octanol–water partition coefficient (Wildman–Crippen LogP) is 4.67. The molecule has 1 saturated carbocycles. The third-order valence-electron chi connectivity index (χ3n) is 7.14. The molecule has 1 aliphatic heterocycles. The molecule has 0 bridgehead atoms. The molecule has 2 aromatic heterocycles. The number of fused-ring (bicyclic) bond motifs is 1. The van der Waals surface area contributed by atoms with E-state index >= 15 is 4.39 Å². The maximum atomic E-state index is 15.6. The largest absolute Gasteiger partial charge is 0.378 e. The van der Waals surface area contributed by atoms with Gasteiger partial charge in [-0.25, -0.2) is 9.37 Å². The molecule has 9 heteroatoms. The zero-order valence-electron chi connectivity index (χ0n) is 19.6. The Morgan fingerprint density at radius 3 is 2.62 bits per heavy atom. The van der Waals surface area contributed by atoms with E-state index in [1.807, 2.05) is 11.0 Å². The molecule has 1 unspecified atom stereocenters. The fraction of sp³-hybridized carbons (Fsp3) is 0.560. The van der Waals surface area contributed by atoms with Gasteiger partial charge in [0.25, 0.3) is 5.91 Å². The fourth-order valence-corrected chi connectivity index (χ4v) is 5.21. The number of halogens is 1. The number of morpholine rings is 1. The number of carbonyl (C=O) groups excluding carboxylic acids is 1. The molecule has 3 heterocycles. The molecular formula is C25H32FN5O3. The lowest BCUT2D eigenvalue weighted by molar-refractivity contribution is 0.0911. The molecular weight excluding hydrogens is 437 g/mol. The van der Waals surface area contributed by atoms with Gasteiger partial charge >= 0.3 is 0 Å². The number of nitrogens with one attached hydrogen (secondary N) is 2. The average Bonchev–Trinajstić information content (AvgIpc) is 3.45. The second-order valence-corrected chi connectivity index (χ2v) is 9.39. The smallest absolute Gasteiger partial charge is 0.257 e. The van der Waals surface area contributed by atoms with Gasteiger partial charge in [0.05, 0.1) is 36.2 Å². The van der Waals surface area contributed by atoms with Crippen molar-refractivity contribution in [2.75, 3.05) is 31.2 Å². The Bertz CT molecular complexity index is 1130. The number of anilines is 1. The van der Waals surface area contributed by atoms with Crippen LogP contribution in [-0.4, -0.2) is 47.3 Å². The standard InChI is InChI=1S/C25H32FN5O3/c1-16-18(15-34-30-16)25(32)29-22(17-7-5-3-2-4-6-8-17)24-27-19-9-10-20(21(26)23(19)28-24)31-11-13-33-14-12-31/h9-10,15,17,22H,2-8,11-14H2,1H3,(H,27,28)(H,29,32). The highest BCUT2D eigenvalue weighted by Crippen LogP contribution is 2.34. The van der Waals surface area contributed by atoms with Crippen LogP contribution < -0.4 is 10.2 Å². The lowest BCUT2D eigenvalue weighted by Gasteiger charge is -2.29. The van der Waals surface area contributed by atoms with Crippen LogP contribution in [0.5, 0.6) is 0 Å². The lowest BCUT2D eigenvalue weighted by Crippen LogP contribution is -2.36. The number of hydrogen-bond acceptors (Lipinski definition) is 6. The first-order chi connectivity index (χ1) is 16.6. The molecule has 2 aliphatic rings. The van der Waals surface area contributed by atoms with Gasteiger partial charge < -0.3 is 24.5 Å². The van der Waals surface area contributed by atoms with Crippen molar-refractivity contribution in [2.45, 2.75) is 57.9 Å². The molecule has 8 nitrogen and oxygen atoms in total. The molecule has 1 saturated heterocycles. The summed E-state index contributed by atoms with van der Waals surface area (Å²) in [7, 11) is 0. The maximum Gasteiger partial charge on any atom is 0.257 e. The zero-order valence-corrected chi connectivity index (χ0v) is 19.6. The van der Waals surface area contributed by atoms with E-state index in [1.165, 1.54) is 25.5 Å². The van der Waals surface area contributed by atoms with Crippen molar-refractivity contribution in [2.24, 2.45) is 5.92 Å². The number of nitrogens with zero attached hydrogens (tertiary/aromatic N) is 3. The van der Waals surface area contributed by atoms with E-state index in [0.29, 0.717) is 60.1 Å². The van der Waals surface area contributed by atoms with E-state index in [0.717, 1.165) is 25.7 Å². The summed E-state index contributed by atoms with van der Waals surface area (Å²) in [4.78, 5) is 23.1. The lowest BCUT2D eigenvalue weighted by atomic mass is 9.85. The molecule has 1 amide bonds. The summed E-state index contributed by atoms with van der Waals surface area (Å²) in [5.74, 6) is 0.230. The van der Waals surface area contributed by atoms with Crippen LogP contribution in [0, 0.1) is 18.7 Å².